The average molecular weight is 432 g/mol. The minimum absolute atomic E-state index is 0.0502. The minimum Gasteiger partial charge on any atom is -0.357 e. The highest BCUT2D eigenvalue weighted by atomic mass is 35.5. The standard InChI is InChI=1S/C22H26ClN3O2S/c1-16-3-6-18(7-4-16)29(27,28)15-22-20(14-26-11-9-25(2)10-12-26)19-13-17(23)5-8-21(19)24-22/h3-8,13,24H,9-12,14-15H2,1-2H3. The van der Waals surface area contributed by atoms with E-state index in [-0.39, 0.29) is 5.75 Å². The van der Waals surface area contributed by atoms with Crippen molar-refractivity contribution < 1.29 is 8.42 Å². The number of piperazine rings is 1. The van der Waals surface area contributed by atoms with Crippen molar-refractivity contribution >= 4 is 32.3 Å². The van der Waals surface area contributed by atoms with Crippen molar-refractivity contribution in [3.8, 4) is 0 Å². The molecule has 1 aromatic heterocycles. The van der Waals surface area contributed by atoms with Crippen LogP contribution in [0.25, 0.3) is 10.9 Å². The molecule has 1 aliphatic rings. The van der Waals surface area contributed by atoms with Crippen LogP contribution in [-0.2, 0) is 22.1 Å². The quantitative estimate of drug-likeness (QED) is 0.666. The largest absolute Gasteiger partial charge is 0.357 e. The van der Waals surface area contributed by atoms with Gasteiger partial charge in [-0.3, -0.25) is 4.90 Å². The summed E-state index contributed by atoms with van der Waals surface area (Å²) in [4.78, 5) is 8.40. The van der Waals surface area contributed by atoms with Crippen LogP contribution in [0, 0.1) is 6.92 Å². The van der Waals surface area contributed by atoms with E-state index in [2.05, 4.69) is 21.8 Å². The lowest BCUT2D eigenvalue weighted by molar-refractivity contribution is 0.148. The molecule has 154 valence electrons. The summed E-state index contributed by atoms with van der Waals surface area (Å²) < 4.78 is 26.2. The Morgan fingerprint density at radius 2 is 1.72 bits per heavy atom. The molecular formula is C22H26ClN3O2S. The van der Waals surface area contributed by atoms with Crippen LogP contribution in [0.15, 0.2) is 47.4 Å². The number of nitrogens with one attached hydrogen (secondary N) is 1. The van der Waals surface area contributed by atoms with E-state index in [1.165, 1.54) is 0 Å². The predicted molar refractivity (Wildman–Crippen MR) is 118 cm³/mol. The number of halogens is 1. The third-order valence-electron chi connectivity index (χ3n) is 5.65. The Morgan fingerprint density at radius 3 is 2.41 bits per heavy atom. The maximum atomic E-state index is 13.1. The van der Waals surface area contributed by atoms with E-state index in [1.54, 1.807) is 12.1 Å². The van der Waals surface area contributed by atoms with Crippen LogP contribution in [0.2, 0.25) is 5.02 Å². The van der Waals surface area contributed by atoms with Crippen LogP contribution in [0.3, 0.4) is 0 Å². The first-order chi connectivity index (χ1) is 13.8. The molecule has 1 aliphatic heterocycles. The highest BCUT2D eigenvalue weighted by molar-refractivity contribution is 7.90. The van der Waals surface area contributed by atoms with E-state index in [9.17, 15) is 8.42 Å². The molecule has 0 bridgehead atoms. The van der Waals surface area contributed by atoms with Crippen molar-refractivity contribution in [1.29, 1.82) is 0 Å². The molecule has 0 aliphatic carbocycles. The number of benzene rings is 2. The van der Waals surface area contributed by atoms with Crippen LogP contribution < -0.4 is 0 Å². The first-order valence-corrected chi connectivity index (χ1v) is 11.8. The van der Waals surface area contributed by atoms with Gasteiger partial charge in [0.1, 0.15) is 0 Å². The van der Waals surface area contributed by atoms with Crippen LogP contribution in [0.5, 0.6) is 0 Å². The second kappa shape index (κ2) is 8.11. The van der Waals surface area contributed by atoms with Crippen LogP contribution >= 0.6 is 11.6 Å². The third-order valence-corrected chi connectivity index (χ3v) is 7.54. The fourth-order valence-electron chi connectivity index (χ4n) is 3.83. The summed E-state index contributed by atoms with van der Waals surface area (Å²) in [5.74, 6) is -0.0502. The molecule has 0 unspecified atom stereocenters. The molecule has 0 atom stereocenters. The van der Waals surface area contributed by atoms with Gasteiger partial charge in [-0.1, -0.05) is 29.3 Å². The van der Waals surface area contributed by atoms with E-state index < -0.39 is 9.84 Å². The van der Waals surface area contributed by atoms with Gasteiger partial charge >= 0.3 is 0 Å². The Balaban J connectivity index is 1.70. The fraction of sp³-hybridized carbons (Fsp3) is 0.364. The molecule has 3 aromatic rings. The molecule has 4 rings (SSSR count). The summed E-state index contributed by atoms with van der Waals surface area (Å²) in [5, 5.41) is 1.66. The van der Waals surface area contributed by atoms with Gasteiger partial charge in [0, 0.05) is 54.3 Å². The first kappa shape index (κ1) is 20.4. The van der Waals surface area contributed by atoms with Crippen LogP contribution in [0.4, 0.5) is 0 Å². The number of rotatable bonds is 5. The molecule has 0 radical (unpaired) electrons. The molecule has 0 saturated carbocycles. The van der Waals surface area contributed by atoms with Crippen molar-refractivity contribution in [3.05, 3.63) is 64.3 Å². The van der Waals surface area contributed by atoms with Gasteiger partial charge in [0.05, 0.1) is 10.6 Å². The van der Waals surface area contributed by atoms with Gasteiger partial charge < -0.3 is 9.88 Å². The van der Waals surface area contributed by atoms with E-state index in [4.69, 9.17) is 11.6 Å². The second-order valence-electron chi connectivity index (χ2n) is 7.92. The molecular weight excluding hydrogens is 406 g/mol. The van der Waals surface area contributed by atoms with E-state index >= 15 is 0 Å². The van der Waals surface area contributed by atoms with E-state index in [0.29, 0.717) is 16.5 Å². The zero-order chi connectivity index (χ0) is 20.6. The van der Waals surface area contributed by atoms with Gasteiger partial charge in [0.2, 0.25) is 0 Å². The number of nitrogens with zero attached hydrogens (tertiary/aromatic N) is 2. The Morgan fingerprint density at radius 1 is 1.03 bits per heavy atom. The first-order valence-electron chi connectivity index (χ1n) is 9.81. The number of likely N-dealkylation sites (N-methyl/N-ethyl adjacent to an activating group) is 1. The second-order valence-corrected chi connectivity index (χ2v) is 10.3. The maximum absolute atomic E-state index is 13.1. The van der Waals surface area contributed by atoms with Gasteiger partial charge in [-0.25, -0.2) is 8.42 Å². The number of sulfone groups is 1. The Labute approximate surface area is 177 Å². The van der Waals surface area contributed by atoms with Gasteiger partial charge in [0.15, 0.2) is 9.84 Å². The molecule has 0 spiro atoms. The molecule has 5 nitrogen and oxygen atoms in total. The smallest absolute Gasteiger partial charge is 0.183 e. The lowest BCUT2D eigenvalue weighted by atomic mass is 10.1. The number of aryl methyl sites for hydroxylation is 1. The van der Waals surface area contributed by atoms with Crippen molar-refractivity contribution in [2.45, 2.75) is 24.1 Å². The van der Waals surface area contributed by atoms with Crippen molar-refractivity contribution in [1.82, 2.24) is 14.8 Å². The number of aromatic amines is 1. The van der Waals surface area contributed by atoms with Crippen molar-refractivity contribution in [3.63, 3.8) is 0 Å². The molecule has 29 heavy (non-hydrogen) atoms. The lowest BCUT2D eigenvalue weighted by Crippen LogP contribution is -2.44. The number of fused-ring (bicyclic) bond motifs is 1. The van der Waals surface area contributed by atoms with Crippen molar-refractivity contribution in [2.75, 3.05) is 33.2 Å². The molecule has 1 saturated heterocycles. The summed E-state index contributed by atoms with van der Waals surface area (Å²) in [6.07, 6.45) is 0. The topological polar surface area (TPSA) is 56.4 Å². The van der Waals surface area contributed by atoms with E-state index in [0.717, 1.165) is 53.9 Å². The molecule has 2 aromatic carbocycles. The van der Waals surface area contributed by atoms with Gasteiger partial charge in [-0.2, -0.15) is 0 Å². The predicted octanol–water partition coefficient (Wildman–Crippen LogP) is 3.85. The zero-order valence-corrected chi connectivity index (χ0v) is 18.4. The molecule has 1 N–H and O–H groups in total. The summed E-state index contributed by atoms with van der Waals surface area (Å²) >= 11 is 6.25. The third kappa shape index (κ3) is 4.51. The van der Waals surface area contributed by atoms with Gasteiger partial charge in [0.25, 0.3) is 0 Å². The Kier molecular flexibility index (Phi) is 5.71. The Bertz CT molecular complexity index is 1110. The SMILES string of the molecule is Cc1ccc(S(=O)(=O)Cc2[nH]c3ccc(Cl)cc3c2CN2CCN(C)CC2)cc1. The van der Waals surface area contributed by atoms with Crippen LogP contribution in [-0.4, -0.2) is 56.4 Å². The monoisotopic (exact) mass is 431 g/mol. The number of H-pyrrole nitrogens is 1. The molecule has 7 heteroatoms. The summed E-state index contributed by atoms with van der Waals surface area (Å²) in [7, 11) is -1.32. The maximum Gasteiger partial charge on any atom is 0.183 e. The van der Waals surface area contributed by atoms with Crippen molar-refractivity contribution in [2.24, 2.45) is 0 Å². The Hall–Kier alpha value is -1.86. The van der Waals surface area contributed by atoms with Gasteiger partial charge in [-0.05, 0) is 49.9 Å². The van der Waals surface area contributed by atoms with Crippen LogP contribution in [0.1, 0.15) is 16.8 Å². The number of hydrogen-bond acceptors (Lipinski definition) is 4. The molecule has 1 fully saturated rings. The minimum atomic E-state index is -3.45. The van der Waals surface area contributed by atoms with Gasteiger partial charge in [-0.15, -0.1) is 0 Å². The van der Waals surface area contributed by atoms with E-state index in [1.807, 2.05) is 37.3 Å². The summed E-state index contributed by atoms with van der Waals surface area (Å²) in [6, 6.07) is 12.7. The number of aromatic nitrogens is 1. The number of hydrogen-bond donors (Lipinski definition) is 1. The summed E-state index contributed by atoms with van der Waals surface area (Å²) in [6.45, 7) is 6.63. The fourth-order valence-corrected chi connectivity index (χ4v) is 5.34. The highest BCUT2D eigenvalue weighted by Crippen LogP contribution is 2.29. The molecule has 0 amide bonds. The normalized spacial score (nSPS) is 16.5. The average Bonchev–Trinajstić information content (AvgIpc) is 3.00. The highest BCUT2D eigenvalue weighted by Gasteiger charge is 2.23. The molecule has 2 heterocycles. The zero-order valence-electron chi connectivity index (χ0n) is 16.8. The summed E-state index contributed by atoms with van der Waals surface area (Å²) in [5.41, 5.74) is 3.75. The lowest BCUT2D eigenvalue weighted by Gasteiger charge is -2.32.